The Balaban J connectivity index is 2.29. The van der Waals surface area contributed by atoms with Gasteiger partial charge in [-0.1, -0.05) is 0 Å². The fraction of sp³-hybridized carbons (Fsp3) is 0.600. The van der Waals surface area contributed by atoms with Crippen molar-refractivity contribution in [3.63, 3.8) is 0 Å². The number of aliphatic hydroxyl groups is 1. The molecule has 0 bridgehead atoms. The summed E-state index contributed by atoms with van der Waals surface area (Å²) in [6.07, 6.45) is 1.04. The zero-order valence-electron chi connectivity index (χ0n) is 8.16. The molecule has 0 aliphatic carbocycles. The first kappa shape index (κ1) is 10.7. The molecule has 13 heavy (non-hydrogen) atoms. The van der Waals surface area contributed by atoms with Gasteiger partial charge in [0.15, 0.2) is 0 Å². The lowest BCUT2D eigenvalue weighted by Gasteiger charge is -2.17. The molecule has 0 radical (unpaired) electrons. The zero-order valence-corrected chi connectivity index (χ0v) is 8.97. The van der Waals surface area contributed by atoms with Gasteiger partial charge in [0.2, 0.25) is 0 Å². The maximum atomic E-state index is 8.85. The minimum atomic E-state index is 0.189. The highest BCUT2D eigenvalue weighted by Crippen LogP contribution is 2.08. The molecular formula is C10H17NOS. The fourth-order valence-corrected chi connectivity index (χ4v) is 2.04. The first-order chi connectivity index (χ1) is 6.22. The van der Waals surface area contributed by atoms with Crippen LogP contribution in [0.15, 0.2) is 16.8 Å². The number of aliphatic hydroxyl groups excluding tert-OH is 1. The molecule has 0 amide bonds. The van der Waals surface area contributed by atoms with Gasteiger partial charge in [0.1, 0.15) is 0 Å². The van der Waals surface area contributed by atoms with Crippen LogP contribution in [0.4, 0.5) is 0 Å². The maximum absolute atomic E-state index is 8.85. The van der Waals surface area contributed by atoms with Crippen molar-refractivity contribution < 1.29 is 5.11 Å². The first-order valence-corrected chi connectivity index (χ1v) is 5.54. The lowest BCUT2D eigenvalue weighted by Crippen LogP contribution is -2.37. The number of nitrogens with one attached hydrogen (secondary N) is 1. The molecule has 2 N–H and O–H groups in total. The molecule has 0 fully saturated rings. The summed E-state index contributed by atoms with van der Waals surface area (Å²) >= 11 is 1.73. The van der Waals surface area contributed by atoms with Crippen LogP contribution in [0.5, 0.6) is 0 Å². The molecule has 2 nitrogen and oxygen atoms in total. The molecule has 1 rings (SSSR count). The summed E-state index contributed by atoms with van der Waals surface area (Å²) in [5.74, 6) is 0. The van der Waals surface area contributed by atoms with E-state index in [0.717, 1.165) is 6.42 Å². The number of thiophene rings is 1. The van der Waals surface area contributed by atoms with Gasteiger partial charge >= 0.3 is 0 Å². The van der Waals surface area contributed by atoms with Crippen molar-refractivity contribution in [2.75, 3.05) is 6.61 Å². The first-order valence-electron chi connectivity index (χ1n) is 4.60. The highest BCUT2D eigenvalue weighted by molar-refractivity contribution is 7.07. The van der Waals surface area contributed by atoms with E-state index < -0.39 is 0 Å². The van der Waals surface area contributed by atoms with Crippen molar-refractivity contribution in [1.82, 2.24) is 5.32 Å². The van der Waals surface area contributed by atoms with Gasteiger partial charge in [-0.3, -0.25) is 0 Å². The molecule has 1 unspecified atom stereocenters. The van der Waals surface area contributed by atoms with Crippen molar-refractivity contribution >= 4 is 11.3 Å². The Hall–Kier alpha value is -0.380. The average Bonchev–Trinajstić information content (AvgIpc) is 2.56. The van der Waals surface area contributed by atoms with E-state index in [1.807, 2.05) is 6.92 Å². The summed E-state index contributed by atoms with van der Waals surface area (Å²) in [4.78, 5) is 0. The molecule has 0 saturated carbocycles. The van der Waals surface area contributed by atoms with Gasteiger partial charge in [0.25, 0.3) is 0 Å². The average molecular weight is 199 g/mol. The topological polar surface area (TPSA) is 32.3 Å². The Morgan fingerprint density at radius 1 is 1.46 bits per heavy atom. The molecule has 0 saturated heterocycles. The van der Waals surface area contributed by atoms with Gasteiger partial charge in [-0.15, -0.1) is 0 Å². The molecule has 2 atom stereocenters. The summed E-state index contributed by atoms with van der Waals surface area (Å²) in [7, 11) is 0. The van der Waals surface area contributed by atoms with E-state index >= 15 is 0 Å². The summed E-state index contributed by atoms with van der Waals surface area (Å²) in [6.45, 7) is 4.34. The van der Waals surface area contributed by atoms with Gasteiger partial charge in [0, 0.05) is 12.1 Å². The predicted molar refractivity (Wildman–Crippen MR) is 57.2 cm³/mol. The predicted octanol–water partition coefficient (Wildman–Crippen LogP) is 1.65. The standard InChI is InChI=1S/C10H17NOS/c1-8(11-9(2)6-12)5-10-3-4-13-7-10/h3-4,7-9,11-12H,5-6H2,1-2H3/t8?,9-/m1/s1. The van der Waals surface area contributed by atoms with Crippen molar-refractivity contribution in [2.45, 2.75) is 32.4 Å². The Morgan fingerprint density at radius 2 is 2.23 bits per heavy atom. The van der Waals surface area contributed by atoms with Crippen LogP contribution in [0, 0.1) is 0 Å². The molecule has 3 heteroatoms. The van der Waals surface area contributed by atoms with Crippen LogP contribution in [0.3, 0.4) is 0 Å². The Bertz CT molecular complexity index is 223. The van der Waals surface area contributed by atoms with E-state index in [4.69, 9.17) is 5.11 Å². The van der Waals surface area contributed by atoms with Crippen molar-refractivity contribution in [2.24, 2.45) is 0 Å². The second-order valence-corrected chi connectivity index (χ2v) is 4.27. The number of hydrogen-bond acceptors (Lipinski definition) is 3. The lowest BCUT2D eigenvalue weighted by molar-refractivity contribution is 0.242. The van der Waals surface area contributed by atoms with Gasteiger partial charge in [0.05, 0.1) is 6.61 Å². The molecule has 0 spiro atoms. The van der Waals surface area contributed by atoms with Crippen LogP contribution in [-0.2, 0) is 6.42 Å². The number of hydrogen-bond donors (Lipinski definition) is 2. The normalized spacial score (nSPS) is 15.6. The summed E-state index contributed by atoms with van der Waals surface area (Å²) in [5.41, 5.74) is 1.37. The van der Waals surface area contributed by atoms with Gasteiger partial charge in [-0.2, -0.15) is 11.3 Å². The van der Waals surface area contributed by atoms with E-state index in [1.54, 1.807) is 11.3 Å². The highest BCUT2D eigenvalue weighted by Gasteiger charge is 2.06. The van der Waals surface area contributed by atoms with E-state index in [1.165, 1.54) is 5.56 Å². The highest BCUT2D eigenvalue weighted by atomic mass is 32.1. The second kappa shape index (κ2) is 5.37. The van der Waals surface area contributed by atoms with Crippen molar-refractivity contribution in [3.05, 3.63) is 22.4 Å². The molecule has 1 aromatic rings. The fourth-order valence-electron chi connectivity index (χ4n) is 1.36. The van der Waals surface area contributed by atoms with Crippen LogP contribution in [0.1, 0.15) is 19.4 Å². The molecular weight excluding hydrogens is 182 g/mol. The molecule has 0 aliphatic rings. The van der Waals surface area contributed by atoms with Gasteiger partial charge in [-0.05, 0) is 42.7 Å². The van der Waals surface area contributed by atoms with Crippen LogP contribution in [0.25, 0.3) is 0 Å². The van der Waals surface area contributed by atoms with E-state index in [-0.39, 0.29) is 12.6 Å². The maximum Gasteiger partial charge on any atom is 0.0582 e. The van der Waals surface area contributed by atoms with Crippen LogP contribution in [-0.4, -0.2) is 23.8 Å². The molecule has 0 aliphatic heterocycles. The number of rotatable bonds is 5. The smallest absolute Gasteiger partial charge is 0.0582 e. The lowest BCUT2D eigenvalue weighted by atomic mass is 10.1. The van der Waals surface area contributed by atoms with E-state index in [2.05, 4.69) is 29.1 Å². The quantitative estimate of drug-likeness (QED) is 0.756. The monoisotopic (exact) mass is 199 g/mol. The summed E-state index contributed by atoms with van der Waals surface area (Å²) < 4.78 is 0. The molecule has 1 aromatic heterocycles. The summed E-state index contributed by atoms with van der Waals surface area (Å²) in [6, 6.07) is 2.76. The Morgan fingerprint density at radius 3 is 2.77 bits per heavy atom. The van der Waals surface area contributed by atoms with Crippen molar-refractivity contribution in [1.29, 1.82) is 0 Å². The Kier molecular flexibility index (Phi) is 4.42. The van der Waals surface area contributed by atoms with Gasteiger partial charge in [-0.25, -0.2) is 0 Å². The molecule has 0 aromatic carbocycles. The molecule has 1 heterocycles. The third-order valence-corrected chi connectivity index (χ3v) is 2.70. The van der Waals surface area contributed by atoms with E-state index in [0.29, 0.717) is 6.04 Å². The Labute approximate surface area is 83.6 Å². The van der Waals surface area contributed by atoms with Gasteiger partial charge < -0.3 is 10.4 Å². The van der Waals surface area contributed by atoms with Crippen LogP contribution < -0.4 is 5.32 Å². The molecule has 74 valence electrons. The minimum absolute atomic E-state index is 0.189. The van der Waals surface area contributed by atoms with Crippen molar-refractivity contribution in [3.8, 4) is 0 Å². The van der Waals surface area contributed by atoms with Crippen LogP contribution in [0.2, 0.25) is 0 Å². The largest absolute Gasteiger partial charge is 0.395 e. The SMILES string of the molecule is CC(Cc1ccsc1)N[C@H](C)CO. The van der Waals surface area contributed by atoms with E-state index in [9.17, 15) is 0 Å². The minimum Gasteiger partial charge on any atom is -0.395 e. The third kappa shape index (κ3) is 3.89. The van der Waals surface area contributed by atoms with Crippen LogP contribution >= 0.6 is 11.3 Å². The zero-order chi connectivity index (χ0) is 9.68. The second-order valence-electron chi connectivity index (χ2n) is 3.49. The third-order valence-electron chi connectivity index (χ3n) is 1.96. The summed E-state index contributed by atoms with van der Waals surface area (Å²) in [5, 5.41) is 16.4.